The van der Waals surface area contributed by atoms with E-state index in [1.165, 1.54) is 17.0 Å². The first kappa shape index (κ1) is 14.6. The molecular formula is C13H25N3S. The molecule has 1 rings (SSSR count). The Morgan fingerprint density at radius 3 is 2.65 bits per heavy atom. The lowest BCUT2D eigenvalue weighted by atomic mass is 9.93. The van der Waals surface area contributed by atoms with Crippen LogP contribution in [0.2, 0.25) is 0 Å². The van der Waals surface area contributed by atoms with Crippen LogP contribution in [-0.2, 0) is 6.54 Å². The summed E-state index contributed by atoms with van der Waals surface area (Å²) in [7, 11) is 0. The summed E-state index contributed by atoms with van der Waals surface area (Å²) in [6.07, 6.45) is 1.18. The van der Waals surface area contributed by atoms with E-state index in [-0.39, 0.29) is 5.41 Å². The van der Waals surface area contributed by atoms with Crippen LogP contribution in [0.1, 0.15) is 37.8 Å². The number of aryl methyl sites for hydroxylation is 1. The lowest BCUT2D eigenvalue weighted by Crippen LogP contribution is -2.38. The van der Waals surface area contributed by atoms with Crippen molar-refractivity contribution in [1.29, 1.82) is 0 Å². The Morgan fingerprint density at radius 2 is 2.18 bits per heavy atom. The third kappa shape index (κ3) is 4.74. The summed E-state index contributed by atoms with van der Waals surface area (Å²) in [6.45, 7) is 12.7. The fourth-order valence-corrected chi connectivity index (χ4v) is 2.70. The molecule has 1 aromatic rings. The van der Waals surface area contributed by atoms with Gasteiger partial charge in [-0.15, -0.1) is 11.3 Å². The molecular weight excluding hydrogens is 230 g/mol. The highest BCUT2D eigenvalue weighted by Crippen LogP contribution is 2.20. The van der Waals surface area contributed by atoms with Crippen molar-refractivity contribution in [2.24, 2.45) is 11.1 Å². The van der Waals surface area contributed by atoms with Gasteiger partial charge in [0.05, 0.1) is 11.2 Å². The molecule has 0 bridgehead atoms. The molecule has 3 nitrogen and oxygen atoms in total. The molecule has 1 heterocycles. The Labute approximate surface area is 109 Å². The Bertz CT molecular complexity index is 333. The van der Waals surface area contributed by atoms with Crippen LogP contribution >= 0.6 is 11.3 Å². The molecule has 0 aliphatic rings. The predicted molar refractivity (Wildman–Crippen MR) is 75.3 cm³/mol. The van der Waals surface area contributed by atoms with Crippen molar-refractivity contribution in [3.05, 3.63) is 16.1 Å². The first-order valence-electron chi connectivity index (χ1n) is 6.30. The van der Waals surface area contributed by atoms with Gasteiger partial charge in [-0.05, 0) is 31.8 Å². The average molecular weight is 255 g/mol. The Balaban J connectivity index is 2.63. The quantitative estimate of drug-likeness (QED) is 0.814. The van der Waals surface area contributed by atoms with Gasteiger partial charge in [-0.2, -0.15) is 0 Å². The maximum atomic E-state index is 5.82. The minimum absolute atomic E-state index is 0.188. The highest BCUT2D eigenvalue weighted by molar-refractivity contribution is 7.09. The third-order valence-corrected chi connectivity index (χ3v) is 3.88. The second-order valence-corrected chi connectivity index (χ2v) is 6.38. The van der Waals surface area contributed by atoms with Gasteiger partial charge >= 0.3 is 0 Å². The Morgan fingerprint density at radius 1 is 1.47 bits per heavy atom. The molecule has 0 aliphatic heterocycles. The zero-order chi connectivity index (χ0) is 12.9. The molecule has 0 atom stereocenters. The molecule has 0 radical (unpaired) electrons. The zero-order valence-corrected chi connectivity index (χ0v) is 12.3. The van der Waals surface area contributed by atoms with Crippen LogP contribution in [0.3, 0.4) is 0 Å². The van der Waals surface area contributed by atoms with Crippen molar-refractivity contribution in [2.45, 2.75) is 40.7 Å². The van der Waals surface area contributed by atoms with Crippen molar-refractivity contribution < 1.29 is 0 Å². The van der Waals surface area contributed by atoms with Crippen LogP contribution in [0.25, 0.3) is 0 Å². The molecule has 0 spiro atoms. The molecule has 4 heteroatoms. The van der Waals surface area contributed by atoms with Gasteiger partial charge in [0.1, 0.15) is 0 Å². The van der Waals surface area contributed by atoms with Crippen molar-refractivity contribution in [1.82, 2.24) is 9.88 Å². The summed E-state index contributed by atoms with van der Waals surface area (Å²) >= 11 is 1.75. The second kappa shape index (κ2) is 6.47. The molecule has 1 aromatic heterocycles. The number of thiazole rings is 1. The molecule has 0 aromatic carbocycles. The maximum absolute atomic E-state index is 5.82. The van der Waals surface area contributed by atoms with Gasteiger partial charge in [-0.3, -0.25) is 4.90 Å². The van der Waals surface area contributed by atoms with Gasteiger partial charge in [0.25, 0.3) is 0 Å². The van der Waals surface area contributed by atoms with E-state index < -0.39 is 0 Å². The number of nitrogens with two attached hydrogens (primary N) is 1. The lowest BCUT2D eigenvalue weighted by molar-refractivity contribution is 0.177. The van der Waals surface area contributed by atoms with Crippen LogP contribution in [0, 0.1) is 12.3 Å². The first-order chi connectivity index (χ1) is 7.98. The fourth-order valence-electron chi connectivity index (χ4n) is 1.88. The largest absolute Gasteiger partial charge is 0.330 e. The van der Waals surface area contributed by atoms with Crippen LogP contribution in [0.15, 0.2) is 5.51 Å². The molecule has 0 aliphatic carbocycles. The lowest BCUT2D eigenvalue weighted by Gasteiger charge is -2.31. The molecule has 0 saturated carbocycles. The second-order valence-electron chi connectivity index (χ2n) is 5.44. The van der Waals surface area contributed by atoms with Crippen LogP contribution in [0.5, 0.6) is 0 Å². The van der Waals surface area contributed by atoms with Crippen molar-refractivity contribution in [2.75, 3.05) is 19.6 Å². The van der Waals surface area contributed by atoms with Gasteiger partial charge in [-0.1, -0.05) is 20.8 Å². The number of aromatic nitrogens is 1. The topological polar surface area (TPSA) is 42.2 Å². The van der Waals surface area contributed by atoms with Crippen molar-refractivity contribution in [3.8, 4) is 0 Å². The average Bonchev–Trinajstić information content (AvgIpc) is 2.64. The standard InChI is InChI=1S/C13H25N3S/c1-5-6-16(9-13(3,4)8-14)7-12-11(2)15-10-17-12/h10H,5-9,14H2,1-4H3. The summed E-state index contributed by atoms with van der Waals surface area (Å²) in [5, 5.41) is 0. The Kier molecular flexibility index (Phi) is 5.56. The SMILES string of the molecule is CCCN(Cc1scnc1C)CC(C)(C)CN. The number of nitrogens with zero attached hydrogens (tertiary/aromatic N) is 2. The van der Waals surface area contributed by atoms with Gasteiger partial charge in [0.15, 0.2) is 0 Å². The van der Waals surface area contributed by atoms with E-state index in [0.717, 1.165) is 26.2 Å². The predicted octanol–water partition coefficient (Wildman–Crippen LogP) is 2.65. The molecule has 0 amide bonds. The molecule has 2 N–H and O–H groups in total. The summed E-state index contributed by atoms with van der Waals surface area (Å²) in [6, 6.07) is 0. The molecule has 0 fully saturated rings. The number of hydrogen-bond acceptors (Lipinski definition) is 4. The number of rotatable bonds is 7. The van der Waals surface area contributed by atoms with Crippen molar-refractivity contribution in [3.63, 3.8) is 0 Å². The van der Waals surface area contributed by atoms with E-state index >= 15 is 0 Å². The van der Waals surface area contributed by atoms with E-state index in [9.17, 15) is 0 Å². The smallest absolute Gasteiger partial charge is 0.0798 e. The minimum atomic E-state index is 0.188. The zero-order valence-electron chi connectivity index (χ0n) is 11.5. The highest BCUT2D eigenvalue weighted by Gasteiger charge is 2.20. The minimum Gasteiger partial charge on any atom is -0.330 e. The normalized spacial score (nSPS) is 12.4. The molecule has 0 saturated heterocycles. The first-order valence-corrected chi connectivity index (χ1v) is 7.18. The van der Waals surface area contributed by atoms with Gasteiger partial charge in [0, 0.05) is 18.0 Å². The van der Waals surface area contributed by atoms with E-state index in [0.29, 0.717) is 0 Å². The van der Waals surface area contributed by atoms with Crippen LogP contribution in [-0.4, -0.2) is 29.5 Å². The van der Waals surface area contributed by atoms with E-state index in [1.54, 1.807) is 11.3 Å². The molecule has 0 unspecified atom stereocenters. The monoisotopic (exact) mass is 255 g/mol. The van der Waals surface area contributed by atoms with Gasteiger partial charge in [0.2, 0.25) is 0 Å². The maximum Gasteiger partial charge on any atom is 0.0798 e. The van der Waals surface area contributed by atoms with E-state index in [4.69, 9.17) is 5.73 Å². The van der Waals surface area contributed by atoms with Gasteiger partial charge < -0.3 is 5.73 Å². The van der Waals surface area contributed by atoms with Gasteiger partial charge in [-0.25, -0.2) is 4.98 Å². The summed E-state index contributed by atoms with van der Waals surface area (Å²) in [5.74, 6) is 0. The third-order valence-electron chi connectivity index (χ3n) is 2.96. The summed E-state index contributed by atoms with van der Waals surface area (Å²) in [5.41, 5.74) is 9.11. The van der Waals surface area contributed by atoms with E-state index in [2.05, 4.69) is 37.6 Å². The molecule has 17 heavy (non-hydrogen) atoms. The van der Waals surface area contributed by atoms with Crippen LogP contribution < -0.4 is 5.73 Å². The van der Waals surface area contributed by atoms with Crippen molar-refractivity contribution >= 4 is 11.3 Å². The summed E-state index contributed by atoms with van der Waals surface area (Å²) in [4.78, 5) is 8.19. The van der Waals surface area contributed by atoms with Crippen LogP contribution in [0.4, 0.5) is 0 Å². The molecule has 98 valence electrons. The summed E-state index contributed by atoms with van der Waals surface area (Å²) < 4.78 is 0. The Hall–Kier alpha value is -0.450. The fraction of sp³-hybridized carbons (Fsp3) is 0.769. The van der Waals surface area contributed by atoms with E-state index in [1.807, 2.05) is 5.51 Å². The number of hydrogen-bond donors (Lipinski definition) is 1. The highest BCUT2D eigenvalue weighted by atomic mass is 32.1.